The van der Waals surface area contributed by atoms with Gasteiger partial charge < -0.3 is 14.9 Å². The Morgan fingerprint density at radius 2 is 2.19 bits per heavy atom. The van der Waals surface area contributed by atoms with Gasteiger partial charge in [-0.25, -0.2) is 4.79 Å². The Morgan fingerprint density at radius 1 is 1.44 bits per heavy atom. The van der Waals surface area contributed by atoms with Crippen molar-refractivity contribution in [3.05, 3.63) is 35.4 Å². The highest BCUT2D eigenvalue weighted by Crippen LogP contribution is 2.18. The van der Waals surface area contributed by atoms with Crippen molar-refractivity contribution >= 4 is 12.0 Å². The Hall–Kier alpha value is -1.81. The lowest BCUT2D eigenvalue weighted by Gasteiger charge is -2.03. The number of benzene rings is 1. The first kappa shape index (κ1) is 12.3. The SMILES string of the molecule is COc1cc(C=CCCO)cc(C(=O)O)c1. The van der Waals surface area contributed by atoms with Gasteiger partial charge in [-0.05, 0) is 30.2 Å². The van der Waals surface area contributed by atoms with Gasteiger partial charge in [0.1, 0.15) is 5.75 Å². The van der Waals surface area contributed by atoms with E-state index in [9.17, 15) is 4.79 Å². The third-order valence-corrected chi connectivity index (χ3v) is 2.02. The zero-order chi connectivity index (χ0) is 12.0. The second kappa shape index (κ2) is 5.92. The summed E-state index contributed by atoms with van der Waals surface area (Å²) < 4.78 is 5.01. The number of hydrogen-bond acceptors (Lipinski definition) is 3. The minimum Gasteiger partial charge on any atom is -0.497 e. The molecule has 0 fully saturated rings. The van der Waals surface area contributed by atoms with Gasteiger partial charge >= 0.3 is 5.97 Å². The zero-order valence-electron chi connectivity index (χ0n) is 9.01. The lowest BCUT2D eigenvalue weighted by Crippen LogP contribution is -1.97. The molecule has 4 heteroatoms. The van der Waals surface area contributed by atoms with Crippen LogP contribution in [0.1, 0.15) is 22.3 Å². The van der Waals surface area contributed by atoms with Crippen LogP contribution in [0.4, 0.5) is 0 Å². The van der Waals surface area contributed by atoms with Crippen molar-refractivity contribution in [2.75, 3.05) is 13.7 Å². The van der Waals surface area contributed by atoms with E-state index in [0.29, 0.717) is 12.2 Å². The number of carbonyl (C=O) groups is 1. The van der Waals surface area contributed by atoms with E-state index in [4.69, 9.17) is 14.9 Å². The van der Waals surface area contributed by atoms with Crippen LogP contribution in [0.25, 0.3) is 6.08 Å². The highest BCUT2D eigenvalue weighted by Gasteiger charge is 2.05. The summed E-state index contributed by atoms with van der Waals surface area (Å²) in [5, 5.41) is 17.5. The van der Waals surface area contributed by atoms with E-state index in [-0.39, 0.29) is 12.2 Å². The maximum absolute atomic E-state index is 10.8. The first-order chi connectivity index (χ1) is 7.67. The predicted octanol–water partition coefficient (Wildman–Crippen LogP) is 1.79. The fourth-order valence-corrected chi connectivity index (χ4v) is 1.25. The number of aliphatic hydroxyl groups excluding tert-OH is 1. The summed E-state index contributed by atoms with van der Waals surface area (Å²) in [5.41, 5.74) is 0.924. The van der Waals surface area contributed by atoms with Gasteiger partial charge in [-0.2, -0.15) is 0 Å². The van der Waals surface area contributed by atoms with Gasteiger partial charge in [0.25, 0.3) is 0 Å². The van der Waals surface area contributed by atoms with Crippen LogP contribution in [-0.2, 0) is 0 Å². The normalized spacial score (nSPS) is 10.6. The van der Waals surface area contributed by atoms with Crippen LogP contribution in [-0.4, -0.2) is 29.9 Å². The van der Waals surface area contributed by atoms with Crippen LogP contribution in [0.15, 0.2) is 24.3 Å². The molecule has 0 radical (unpaired) electrons. The second-order valence-electron chi connectivity index (χ2n) is 3.21. The molecular weight excluding hydrogens is 208 g/mol. The summed E-state index contributed by atoms with van der Waals surface area (Å²) in [6.07, 6.45) is 4.07. The Morgan fingerprint density at radius 3 is 2.75 bits per heavy atom. The summed E-state index contributed by atoms with van der Waals surface area (Å²) in [7, 11) is 1.49. The van der Waals surface area contributed by atoms with E-state index in [0.717, 1.165) is 5.56 Å². The van der Waals surface area contributed by atoms with Crippen molar-refractivity contribution in [3.8, 4) is 5.75 Å². The number of carboxylic acids is 1. The van der Waals surface area contributed by atoms with Crippen LogP contribution in [0, 0.1) is 0 Å². The van der Waals surface area contributed by atoms with E-state index in [1.807, 2.05) is 0 Å². The lowest BCUT2D eigenvalue weighted by molar-refractivity contribution is 0.0696. The molecule has 0 aliphatic rings. The highest BCUT2D eigenvalue weighted by molar-refractivity contribution is 5.89. The Bertz CT molecular complexity index is 396. The standard InChI is InChI=1S/C12H14O4/c1-16-11-7-9(4-2-3-5-13)6-10(8-11)12(14)15/h2,4,6-8,13H,3,5H2,1H3,(H,14,15). The van der Waals surface area contributed by atoms with E-state index in [1.165, 1.54) is 13.2 Å². The monoisotopic (exact) mass is 222 g/mol. The van der Waals surface area contributed by atoms with Gasteiger partial charge in [0.15, 0.2) is 0 Å². The van der Waals surface area contributed by atoms with Crippen LogP contribution in [0.3, 0.4) is 0 Å². The molecule has 86 valence electrons. The summed E-state index contributed by atoms with van der Waals surface area (Å²) in [4.78, 5) is 10.8. The number of aliphatic hydroxyl groups is 1. The first-order valence-corrected chi connectivity index (χ1v) is 4.87. The van der Waals surface area contributed by atoms with Crippen molar-refractivity contribution < 1.29 is 19.7 Å². The molecule has 0 heterocycles. The van der Waals surface area contributed by atoms with Gasteiger partial charge in [-0.1, -0.05) is 12.2 Å². The van der Waals surface area contributed by atoms with Crippen LogP contribution in [0.2, 0.25) is 0 Å². The van der Waals surface area contributed by atoms with Crippen LogP contribution in [0.5, 0.6) is 5.75 Å². The molecule has 1 aromatic rings. The highest BCUT2D eigenvalue weighted by atomic mass is 16.5. The molecule has 0 unspecified atom stereocenters. The van der Waals surface area contributed by atoms with E-state index in [1.54, 1.807) is 24.3 Å². The smallest absolute Gasteiger partial charge is 0.335 e. The van der Waals surface area contributed by atoms with Crippen molar-refractivity contribution in [1.82, 2.24) is 0 Å². The predicted molar refractivity (Wildman–Crippen MR) is 60.7 cm³/mol. The average Bonchev–Trinajstić information content (AvgIpc) is 2.29. The van der Waals surface area contributed by atoms with Crippen molar-refractivity contribution in [1.29, 1.82) is 0 Å². The van der Waals surface area contributed by atoms with E-state index in [2.05, 4.69) is 0 Å². The number of ether oxygens (including phenoxy) is 1. The van der Waals surface area contributed by atoms with Gasteiger partial charge in [0, 0.05) is 6.61 Å². The molecule has 1 aromatic carbocycles. The number of hydrogen-bond donors (Lipinski definition) is 2. The van der Waals surface area contributed by atoms with Gasteiger partial charge in [0.2, 0.25) is 0 Å². The number of rotatable bonds is 5. The molecule has 0 amide bonds. The molecule has 0 saturated carbocycles. The number of methoxy groups -OCH3 is 1. The fourth-order valence-electron chi connectivity index (χ4n) is 1.25. The zero-order valence-corrected chi connectivity index (χ0v) is 9.01. The second-order valence-corrected chi connectivity index (χ2v) is 3.21. The van der Waals surface area contributed by atoms with Crippen LogP contribution >= 0.6 is 0 Å². The van der Waals surface area contributed by atoms with Gasteiger partial charge in [-0.15, -0.1) is 0 Å². The van der Waals surface area contributed by atoms with E-state index >= 15 is 0 Å². The average molecular weight is 222 g/mol. The topological polar surface area (TPSA) is 66.8 Å². The molecule has 0 spiro atoms. The molecule has 1 rings (SSSR count). The minimum atomic E-state index is -0.990. The molecule has 16 heavy (non-hydrogen) atoms. The fraction of sp³-hybridized carbons (Fsp3) is 0.250. The summed E-state index contributed by atoms with van der Waals surface area (Å²) in [5.74, 6) is -0.487. The third kappa shape index (κ3) is 3.40. The largest absolute Gasteiger partial charge is 0.497 e. The molecular formula is C12H14O4. The van der Waals surface area contributed by atoms with Crippen molar-refractivity contribution in [2.45, 2.75) is 6.42 Å². The molecule has 0 saturated heterocycles. The van der Waals surface area contributed by atoms with Gasteiger partial charge in [-0.3, -0.25) is 0 Å². The molecule has 4 nitrogen and oxygen atoms in total. The Balaban J connectivity index is 2.99. The first-order valence-electron chi connectivity index (χ1n) is 4.87. The summed E-state index contributed by atoms with van der Waals surface area (Å²) in [6.45, 7) is 0.0757. The van der Waals surface area contributed by atoms with Crippen molar-refractivity contribution in [3.63, 3.8) is 0 Å². The minimum absolute atomic E-state index is 0.0757. The lowest BCUT2D eigenvalue weighted by atomic mass is 10.1. The molecule has 0 atom stereocenters. The maximum Gasteiger partial charge on any atom is 0.335 e. The number of aromatic carboxylic acids is 1. The Kier molecular flexibility index (Phi) is 4.54. The third-order valence-electron chi connectivity index (χ3n) is 2.02. The number of carboxylic acid groups (broad SMARTS) is 1. The summed E-state index contributed by atoms with van der Waals surface area (Å²) >= 11 is 0. The maximum atomic E-state index is 10.8. The molecule has 0 aromatic heterocycles. The summed E-state index contributed by atoms with van der Waals surface area (Å²) in [6, 6.07) is 4.75. The van der Waals surface area contributed by atoms with Crippen molar-refractivity contribution in [2.24, 2.45) is 0 Å². The van der Waals surface area contributed by atoms with E-state index < -0.39 is 5.97 Å². The molecule has 0 bridgehead atoms. The molecule has 0 aliphatic heterocycles. The quantitative estimate of drug-likeness (QED) is 0.797. The van der Waals surface area contributed by atoms with Crippen LogP contribution < -0.4 is 4.74 Å². The Labute approximate surface area is 93.8 Å². The molecule has 0 aliphatic carbocycles. The van der Waals surface area contributed by atoms with Gasteiger partial charge in [0.05, 0.1) is 12.7 Å². The molecule has 2 N–H and O–H groups in total.